The maximum absolute atomic E-state index is 13.0. The van der Waals surface area contributed by atoms with Crippen molar-refractivity contribution in [3.05, 3.63) is 53.1 Å². The van der Waals surface area contributed by atoms with Crippen LogP contribution in [0.2, 0.25) is 0 Å². The Morgan fingerprint density at radius 3 is 2.15 bits per heavy atom. The molecule has 0 radical (unpaired) electrons. The minimum absolute atomic E-state index is 0.191. The second-order valence-corrected chi connectivity index (χ2v) is 6.72. The fourth-order valence-electron chi connectivity index (χ4n) is 3.27. The number of urea groups is 1. The first-order valence-corrected chi connectivity index (χ1v) is 8.80. The number of benzene rings is 2. The molecule has 0 N–H and O–H groups in total. The monoisotopic (exact) mass is 368 g/mol. The van der Waals surface area contributed by atoms with Crippen molar-refractivity contribution in [1.82, 2.24) is 4.90 Å². The molecular weight excluding hydrogens is 344 g/mol. The molecule has 1 unspecified atom stereocenters. The van der Waals surface area contributed by atoms with E-state index in [0.717, 1.165) is 22.4 Å². The van der Waals surface area contributed by atoms with Gasteiger partial charge in [-0.25, -0.2) is 4.79 Å². The van der Waals surface area contributed by atoms with E-state index in [0.29, 0.717) is 11.5 Å². The van der Waals surface area contributed by atoms with E-state index < -0.39 is 6.04 Å². The minimum atomic E-state index is -0.541. The molecule has 27 heavy (non-hydrogen) atoms. The molecule has 2 aromatic rings. The highest BCUT2D eigenvalue weighted by Gasteiger charge is 2.43. The topological polar surface area (TPSA) is 59.1 Å². The molecule has 1 aliphatic rings. The number of imide groups is 1. The number of methoxy groups -OCH3 is 2. The first-order chi connectivity index (χ1) is 12.9. The average molecular weight is 368 g/mol. The van der Waals surface area contributed by atoms with Gasteiger partial charge in [-0.15, -0.1) is 0 Å². The van der Waals surface area contributed by atoms with Crippen molar-refractivity contribution in [2.75, 3.05) is 19.1 Å². The number of anilines is 1. The van der Waals surface area contributed by atoms with Crippen LogP contribution in [0.25, 0.3) is 0 Å². The van der Waals surface area contributed by atoms with E-state index in [9.17, 15) is 9.59 Å². The summed E-state index contributed by atoms with van der Waals surface area (Å²) in [4.78, 5) is 28.6. The maximum atomic E-state index is 13.0. The molecule has 1 atom stereocenters. The highest BCUT2D eigenvalue weighted by atomic mass is 16.5. The van der Waals surface area contributed by atoms with Crippen molar-refractivity contribution in [3.63, 3.8) is 0 Å². The van der Waals surface area contributed by atoms with E-state index in [1.54, 1.807) is 21.1 Å². The van der Waals surface area contributed by atoms with Crippen molar-refractivity contribution in [1.29, 1.82) is 0 Å². The highest BCUT2D eigenvalue weighted by Crippen LogP contribution is 2.33. The van der Waals surface area contributed by atoms with Crippen LogP contribution in [0.5, 0.6) is 11.5 Å². The zero-order chi connectivity index (χ0) is 19.7. The molecule has 0 aromatic heterocycles. The predicted molar refractivity (Wildman–Crippen MR) is 103 cm³/mol. The normalized spacial score (nSPS) is 16.9. The van der Waals surface area contributed by atoms with Gasteiger partial charge in [0.1, 0.15) is 6.04 Å². The number of nitrogens with zero attached hydrogens (tertiary/aromatic N) is 2. The van der Waals surface area contributed by atoms with Gasteiger partial charge in [0.25, 0.3) is 5.91 Å². The van der Waals surface area contributed by atoms with E-state index in [1.165, 1.54) is 9.80 Å². The molecule has 3 rings (SSSR count). The minimum Gasteiger partial charge on any atom is -0.493 e. The predicted octanol–water partition coefficient (Wildman–Crippen LogP) is 3.68. The van der Waals surface area contributed by atoms with Gasteiger partial charge in [-0.2, -0.15) is 0 Å². The Morgan fingerprint density at radius 2 is 1.56 bits per heavy atom. The van der Waals surface area contributed by atoms with Gasteiger partial charge < -0.3 is 9.47 Å². The van der Waals surface area contributed by atoms with Gasteiger partial charge in [0.2, 0.25) is 0 Å². The standard InChI is InChI=1S/C21H24N2O4/c1-13-6-8-17(9-7-13)23-15(3)20(24)22(21(23)25)12-16-11-19(27-5)18(26-4)10-14(16)2/h6-11,15H,12H2,1-5H3. The first kappa shape index (κ1) is 18.8. The quantitative estimate of drug-likeness (QED) is 0.756. The lowest BCUT2D eigenvalue weighted by atomic mass is 10.1. The number of rotatable bonds is 5. The number of aryl methyl sites for hydroxylation is 2. The van der Waals surface area contributed by atoms with Crippen LogP contribution in [0.3, 0.4) is 0 Å². The molecule has 6 heteroatoms. The SMILES string of the molecule is COc1cc(C)c(CN2C(=O)C(C)N(c3ccc(C)cc3)C2=O)cc1OC. The zero-order valence-electron chi connectivity index (χ0n) is 16.3. The van der Waals surface area contributed by atoms with E-state index in [4.69, 9.17) is 9.47 Å². The molecule has 1 aliphatic heterocycles. The molecular formula is C21H24N2O4. The molecule has 1 fully saturated rings. The molecule has 2 aromatic carbocycles. The van der Waals surface area contributed by atoms with Crippen LogP contribution in [0.15, 0.2) is 36.4 Å². The van der Waals surface area contributed by atoms with Crippen LogP contribution in [0, 0.1) is 13.8 Å². The molecule has 3 amide bonds. The second-order valence-electron chi connectivity index (χ2n) is 6.72. The van der Waals surface area contributed by atoms with Crippen LogP contribution in [0.1, 0.15) is 23.6 Å². The average Bonchev–Trinajstić information content (AvgIpc) is 2.87. The molecule has 0 aliphatic carbocycles. The summed E-state index contributed by atoms with van der Waals surface area (Å²) < 4.78 is 10.7. The van der Waals surface area contributed by atoms with Crippen molar-refractivity contribution in [3.8, 4) is 11.5 Å². The third-order valence-electron chi connectivity index (χ3n) is 4.93. The summed E-state index contributed by atoms with van der Waals surface area (Å²) in [5.41, 5.74) is 3.59. The summed E-state index contributed by atoms with van der Waals surface area (Å²) in [5.74, 6) is 0.975. The van der Waals surface area contributed by atoms with E-state index in [-0.39, 0.29) is 18.5 Å². The summed E-state index contributed by atoms with van der Waals surface area (Å²) in [7, 11) is 3.13. The number of ether oxygens (including phenoxy) is 2. The van der Waals surface area contributed by atoms with Gasteiger partial charge >= 0.3 is 6.03 Å². The van der Waals surface area contributed by atoms with Gasteiger partial charge in [0, 0.05) is 5.69 Å². The van der Waals surface area contributed by atoms with Crippen LogP contribution in [0.4, 0.5) is 10.5 Å². The summed E-state index contributed by atoms with van der Waals surface area (Å²) in [6.45, 7) is 5.85. The number of carbonyl (C=O) groups excluding carboxylic acids is 2. The Labute approximate surface area is 159 Å². The second kappa shape index (κ2) is 7.31. The van der Waals surface area contributed by atoms with Crippen molar-refractivity contribution in [2.45, 2.75) is 33.4 Å². The Kier molecular flexibility index (Phi) is 5.08. The number of amides is 3. The maximum Gasteiger partial charge on any atom is 0.332 e. The Bertz CT molecular complexity index is 876. The largest absolute Gasteiger partial charge is 0.493 e. The summed E-state index contributed by atoms with van der Waals surface area (Å²) in [6, 6.07) is 10.4. The van der Waals surface area contributed by atoms with Crippen molar-refractivity contribution >= 4 is 17.6 Å². The molecule has 142 valence electrons. The third kappa shape index (κ3) is 3.35. The van der Waals surface area contributed by atoms with Gasteiger partial charge in [0.15, 0.2) is 11.5 Å². The molecule has 6 nitrogen and oxygen atoms in total. The van der Waals surface area contributed by atoms with Crippen LogP contribution < -0.4 is 14.4 Å². The smallest absolute Gasteiger partial charge is 0.332 e. The number of hydrogen-bond acceptors (Lipinski definition) is 4. The van der Waals surface area contributed by atoms with Crippen LogP contribution in [-0.2, 0) is 11.3 Å². The lowest BCUT2D eigenvalue weighted by Crippen LogP contribution is -2.33. The van der Waals surface area contributed by atoms with Gasteiger partial charge in [-0.05, 0) is 56.2 Å². The molecule has 1 heterocycles. The molecule has 1 saturated heterocycles. The number of hydrogen-bond donors (Lipinski definition) is 0. The zero-order valence-corrected chi connectivity index (χ0v) is 16.3. The Balaban J connectivity index is 1.91. The van der Waals surface area contributed by atoms with Crippen LogP contribution in [-0.4, -0.2) is 37.1 Å². The van der Waals surface area contributed by atoms with Gasteiger partial charge in [-0.1, -0.05) is 17.7 Å². The summed E-state index contributed by atoms with van der Waals surface area (Å²) in [5, 5.41) is 0. The van der Waals surface area contributed by atoms with Gasteiger partial charge in [0.05, 0.1) is 20.8 Å². The number of carbonyl (C=O) groups is 2. The third-order valence-corrected chi connectivity index (χ3v) is 4.93. The highest BCUT2D eigenvalue weighted by molar-refractivity contribution is 6.14. The fraction of sp³-hybridized carbons (Fsp3) is 0.333. The van der Waals surface area contributed by atoms with E-state index >= 15 is 0 Å². The summed E-state index contributed by atoms with van der Waals surface area (Å²) >= 11 is 0. The molecule has 0 bridgehead atoms. The lowest BCUT2D eigenvalue weighted by Gasteiger charge is -2.20. The van der Waals surface area contributed by atoms with Crippen LogP contribution >= 0.6 is 0 Å². The lowest BCUT2D eigenvalue weighted by molar-refractivity contribution is -0.127. The van der Waals surface area contributed by atoms with Crippen molar-refractivity contribution < 1.29 is 19.1 Å². The van der Waals surface area contributed by atoms with E-state index in [1.807, 2.05) is 50.2 Å². The first-order valence-electron chi connectivity index (χ1n) is 8.80. The van der Waals surface area contributed by atoms with Crippen molar-refractivity contribution in [2.24, 2.45) is 0 Å². The molecule has 0 spiro atoms. The molecule has 0 saturated carbocycles. The fourth-order valence-corrected chi connectivity index (χ4v) is 3.27. The summed E-state index contributed by atoms with van der Waals surface area (Å²) in [6.07, 6.45) is 0. The van der Waals surface area contributed by atoms with E-state index in [2.05, 4.69) is 0 Å². The Morgan fingerprint density at radius 1 is 0.963 bits per heavy atom. The van der Waals surface area contributed by atoms with Gasteiger partial charge in [-0.3, -0.25) is 14.6 Å². The Hall–Kier alpha value is -3.02.